The van der Waals surface area contributed by atoms with Crippen LogP contribution < -0.4 is 4.74 Å². The van der Waals surface area contributed by atoms with Gasteiger partial charge in [-0.3, -0.25) is 4.98 Å². The van der Waals surface area contributed by atoms with Gasteiger partial charge in [0.2, 0.25) is 0 Å². The molecule has 3 nitrogen and oxygen atoms in total. The van der Waals surface area contributed by atoms with E-state index < -0.39 is 0 Å². The van der Waals surface area contributed by atoms with Crippen molar-refractivity contribution in [3.8, 4) is 5.75 Å². The molecule has 82 valence electrons. The van der Waals surface area contributed by atoms with E-state index >= 15 is 0 Å². The van der Waals surface area contributed by atoms with Crippen molar-refractivity contribution in [1.82, 2.24) is 9.88 Å². The van der Waals surface area contributed by atoms with Crippen LogP contribution in [0.15, 0.2) is 24.5 Å². The van der Waals surface area contributed by atoms with Crippen LogP contribution in [-0.2, 0) is 0 Å². The van der Waals surface area contributed by atoms with Crippen molar-refractivity contribution in [1.29, 1.82) is 0 Å². The molecule has 1 saturated heterocycles. The summed E-state index contributed by atoms with van der Waals surface area (Å²) in [7, 11) is 2.18. The summed E-state index contributed by atoms with van der Waals surface area (Å²) >= 11 is 0. The van der Waals surface area contributed by atoms with Crippen molar-refractivity contribution in [2.45, 2.75) is 25.3 Å². The van der Waals surface area contributed by atoms with Crippen LogP contribution in [0, 0.1) is 0 Å². The van der Waals surface area contributed by atoms with E-state index in [9.17, 15) is 0 Å². The molecule has 0 aliphatic carbocycles. The van der Waals surface area contributed by atoms with Gasteiger partial charge in [0.25, 0.3) is 0 Å². The van der Waals surface area contributed by atoms with E-state index in [0.717, 1.165) is 12.4 Å². The minimum absolute atomic E-state index is 0.568. The van der Waals surface area contributed by atoms with Crippen LogP contribution in [0.25, 0.3) is 0 Å². The zero-order valence-electron chi connectivity index (χ0n) is 9.22. The number of hydrogen-bond acceptors (Lipinski definition) is 3. The lowest BCUT2D eigenvalue weighted by atomic mass is 10.0. The lowest BCUT2D eigenvalue weighted by Crippen LogP contribution is -2.40. The highest BCUT2D eigenvalue weighted by atomic mass is 16.5. The number of pyridine rings is 1. The predicted octanol–water partition coefficient (Wildman–Crippen LogP) is 1.94. The van der Waals surface area contributed by atoms with Gasteiger partial charge in [-0.1, -0.05) is 6.42 Å². The molecule has 3 heteroatoms. The smallest absolute Gasteiger partial charge is 0.137 e. The number of ether oxygens (including phenoxy) is 1. The van der Waals surface area contributed by atoms with E-state index in [4.69, 9.17) is 4.74 Å². The molecule has 1 aliphatic rings. The second kappa shape index (κ2) is 5.12. The summed E-state index contributed by atoms with van der Waals surface area (Å²) in [4.78, 5) is 6.42. The molecule has 1 aromatic heterocycles. The van der Waals surface area contributed by atoms with E-state index in [2.05, 4.69) is 16.9 Å². The normalized spacial score (nSPS) is 22.6. The number of nitrogens with zero attached hydrogens (tertiary/aromatic N) is 2. The van der Waals surface area contributed by atoms with Crippen LogP contribution in [0.5, 0.6) is 5.75 Å². The first-order valence-corrected chi connectivity index (χ1v) is 5.59. The predicted molar refractivity (Wildman–Crippen MR) is 60.0 cm³/mol. The average molecular weight is 206 g/mol. The molecule has 0 aromatic carbocycles. The Bertz CT molecular complexity index is 289. The fourth-order valence-electron chi connectivity index (χ4n) is 1.98. The molecule has 1 aliphatic heterocycles. The Balaban J connectivity index is 1.82. The number of likely N-dealkylation sites (N-methyl/N-ethyl adjacent to an activating group) is 1. The monoisotopic (exact) mass is 206 g/mol. The Morgan fingerprint density at radius 3 is 3.20 bits per heavy atom. The van der Waals surface area contributed by atoms with Gasteiger partial charge in [-0.05, 0) is 38.6 Å². The molecule has 1 unspecified atom stereocenters. The highest BCUT2D eigenvalue weighted by Crippen LogP contribution is 2.16. The van der Waals surface area contributed by atoms with Crippen LogP contribution in [0.2, 0.25) is 0 Å². The van der Waals surface area contributed by atoms with Crippen LogP contribution in [-0.4, -0.2) is 36.1 Å². The van der Waals surface area contributed by atoms with Crippen LogP contribution in [0.4, 0.5) is 0 Å². The number of likely N-dealkylation sites (tertiary alicyclic amines) is 1. The van der Waals surface area contributed by atoms with E-state index in [1.54, 1.807) is 12.4 Å². The largest absolute Gasteiger partial charge is 0.490 e. The first-order chi connectivity index (χ1) is 7.36. The van der Waals surface area contributed by atoms with Crippen molar-refractivity contribution >= 4 is 0 Å². The lowest BCUT2D eigenvalue weighted by Gasteiger charge is -2.32. The molecule has 0 amide bonds. The minimum atomic E-state index is 0.568. The molecule has 0 bridgehead atoms. The molecule has 1 atom stereocenters. The van der Waals surface area contributed by atoms with Crippen molar-refractivity contribution in [3.63, 3.8) is 0 Å². The van der Waals surface area contributed by atoms with Crippen LogP contribution in [0.1, 0.15) is 19.3 Å². The first-order valence-electron chi connectivity index (χ1n) is 5.59. The second-order valence-electron chi connectivity index (χ2n) is 4.13. The third-order valence-electron chi connectivity index (χ3n) is 3.00. The molecular formula is C12H18N2O. The van der Waals surface area contributed by atoms with Crippen molar-refractivity contribution in [2.24, 2.45) is 0 Å². The van der Waals surface area contributed by atoms with Gasteiger partial charge in [-0.2, -0.15) is 0 Å². The molecule has 1 fully saturated rings. The molecule has 1 aromatic rings. The van der Waals surface area contributed by atoms with Crippen LogP contribution >= 0.6 is 0 Å². The zero-order valence-corrected chi connectivity index (χ0v) is 9.22. The number of rotatable bonds is 3. The van der Waals surface area contributed by atoms with E-state index in [-0.39, 0.29) is 0 Å². The van der Waals surface area contributed by atoms with Gasteiger partial charge in [0.1, 0.15) is 12.4 Å². The van der Waals surface area contributed by atoms with Gasteiger partial charge in [0.05, 0.1) is 6.20 Å². The molecule has 2 heterocycles. The molecule has 0 N–H and O–H groups in total. The Labute approximate surface area is 91.1 Å². The maximum atomic E-state index is 5.71. The molecule has 0 saturated carbocycles. The summed E-state index contributed by atoms with van der Waals surface area (Å²) in [6.45, 7) is 1.98. The molecule has 0 radical (unpaired) electrons. The van der Waals surface area contributed by atoms with E-state index in [1.807, 2.05) is 12.1 Å². The quantitative estimate of drug-likeness (QED) is 0.755. The molecule has 0 spiro atoms. The SMILES string of the molecule is CN1CCCCC1COc1cccnc1. The van der Waals surface area contributed by atoms with E-state index in [0.29, 0.717) is 6.04 Å². The standard InChI is InChI=1S/C12H18N2O/c1-14-8-3-2-5-11(14)10-15-12-6-4-7-13-9-12/h4,6-7,9,11H,2-3,5,8,10H2,1H3. The highest BCUT2D eigenvalue weighted by molar-refractivity contribution is 5.15. The van der Waals surface area contributed by atoms with Gasteiger partial charge < -0.3 is 9.64 Å². The Morgan fingerprint density at radius 2 is 2.47 bits per heavy atom. The average Bonchev–Trinajstić information content (AvgIpc) is 2.29. The van der Waals surface area contributed by atoms with Gasteiger partial charge >= 0.3 is 0 Å². The van der Waals surface area contributed by atoms with Gasteiger partial charge in [0, 0.05) is 12.2 Å². The highest BCUT2D eigenvalue weighted by Gasteiger charge is 2.19. The first kappa shape index (κ1) is 10.4. The van der Waals surface area contributed by atoms with Crippen LogP contribution in [0.3, 0.4) is 0 Å². The minimum Gasteiger partial charge on any atom is -0.490 e. The summed E-state index contributed by atoms with van der Waals surface area (Å²) in [5.41, 5.74) is 0. The fourth-order valence-corrected chi connectivity index (χ4v) is 1.98. The number of hydrogen-bond donors (Lipinski definition) is 0. The Morgan fingerprint density at radius 1 is 1.53 bits per heavy atom. The second-order valence-corrected chi connectivity index (χ2v) is 4.13. The van der Waals surface area contributed by atoms with Gasteiger partial charge in [-0.15, -0.1) is 0 Å². The summed E-state index contributed by atoms with van der Waals surface area (Å²) in [6, 6.07) is 4.43. The molecule has 15 heavy (non-hydrogen) atoms. The maximum Gasteiger partial charge on any atom is 0.137 e. The third-order valence-corrected chi connectivity index (χ3v) is 3.00. The summed E-state index contributed by atoms with van der Waals surface area (Å²) in [6.07, 6.45) is 7.42. The fraction of sp³-hybridized carbons (Fsp3) is 0.583. The van der Waals surface area contributed by atoms with Crippen molar-refractivity contribution in [3.05, 3.63) is 24.5 Å². The zero-order chi connectivity index (χ0) is 10.5. The van der Waals surface area contributed by atoms with Crippen molar-refractivity contribution in [2.75, 3.05) is 20.2 Å². The third kappa shape index (κ3) is 2.93. The number of aromatic nitrogens is 1. The molecular weight excluding hydrogens is 188 g/mol. The number of piperidine rings is 1. The Hall–Kier alpha value is -1.09. The summed E-state index contributed by atoms with van der Waals surface area (Å²) in [5.74, 6) is 0.872. The van der Waals surface area contributed by atoms with Crippen molar-refractivity contribution < 1.29 is 4.74 Å². The van der Waals surface area contributed by atoms with Gasteiger partial charge in [0.15, 0.2) is 0 Å². The maximum absolute atomic E-state index is 5.71. The van der Waals surface area contributed by atoms with E-state index in [1.165, 1.54) is 25.8 Å². The summed E-state index contributed by atoms with van der Waals surface area (Å²) in [5, 5.41) is 0. The Kier molecular flexibility index (Phi) is 3.56. The van der Waals surface area contributed by atoms with Gasteiger partial charge in [-0.25, -0.2) is 0 Å². The topological polar surface area (TPSA) is 25.4 Å². The lowest BCUT2D eigenvalue weighted by molar-refractivity contribution is 0.125. The molecule has 2 rings (SSSR count). The summed E-state index contributed by atoms with van der Waals surface area (Å²) < 4.78 is 5.71.